The molecule has 1 amide bonds. The zero-order chi connectivity index (χ0) is 42.8. The Labute approximate surface area is 358 Å². The van der Waals surface area contributed by atoms with Crippen molar-refractivity contribution in [2.45, 2.75) is 206 Å². The van der Waals surface area contributed by atoms with Gasteiger partial charge in [-0.1, -0.05) is 184 Å². The van der Waals surface area contributed by atoms with Gasteiger partial charge in [0.15, 0.2) is 0 Å². The van der Waals surface area contributed by atoms with Crippen molar-refractivity contribution in [3.63, 3.8) is 0 Å². The molecule has 0 aliphatic carbocycles. The lowest BCUT2D eigenvalue weighted by molar-refractivity contribution is -0.870. The minimum absolute atomic E-state index is 0.0202. The fourth-order valence-electron chi connectivity index (χ4n) is 6.41. The van der Waals surface area contributed by atoms with Crippen LogP contribution >= 0.6 is 7.82 Å². The first kappa shape index (κ1) is 56.2. The summed E-state index contributed by atoms with van der Waals surface area (Å²) >= 11 is 0. The van der Waals surface area contributed by atoms with Crippen LogP contribution in [0.15, 0.2) is 60.8 Å². The maximum Gasteiger partial charge on any atom is 0.268 e. The van der Waals surface area contributed by atoms with Crippen molar-refractivity contribution in [2.24, 2.45) is 0 Å². The summed E-state index contributed by atoms with van der Waals surface area (Å²) in [6.07, 6.45) is 53.0. The number of allylic oxidation sites excluding steroid dienone is 9. The largest absolute Gasteiger partial charge is 0.756 e. The molecule has 0 bridgehead atoms. The number of phosphoric ester groups is 1. The molecule has 0 aromatic heterocycles. The Kier molecular flexibility index (Phi) is 39.3. The summed E-state index contributed by atoms with van der Waals surface area (Å²) in [6.45, 7) is 4.55. The molecule has 0 aliphatic rings. The molecule has 338 valence electrons. The second-order valence-electron chi connectivity index (χ2n) is 17.1. The SMILES string of the molecule is CCCCCCCC/C=C\C/C=C\CCC(=O)NC(COP(=O)([O-])OCC[N+](C)(C)C)C(O)/C=C/CC/C=C/CC/C=C/CCCCCCCCCCCCCCC. The van der Waals surface area contributed by atoms with Gasteiger partial charge in [0, 0.05) is 6.42 Å². The van der Waals surface area contributed by atoms with Crippen LogP contribution < -0.4 is 10.2 Å². The van der Waals surface area contributed by atoms with Crippen LogP contribution in [0.4, 0.5) is 0 Å². The molecule has 3 unspecified atom stereocenters. The number of amides is 1. The maximum absolute atomic E-state index is 12.8. The zero-order valence-electron chi connectivity index (χ0n) is 38.2. The third-order valence-corrected chi connectivity index (χ3v) is 11.2. The molecule has 0 fully saturated rings. The molecule has 0 spiro atoms. The van der Waals surface area contributed by atoms with Crippen LogP contribution in [0.1, 0.15) is 194 Å². The molecule has 0 saturated carbocycles. The zero-order valence-corrected chi connectivity index (χ0v) is 39.1. The van der Waals surface area contributed by atoms with Crippen LogP contribution in [-0.2, 0) is 18.4 Å². The fourth-order valence-corrected chi connectivity index (χ4v) is 7.13. The average Bonchev–Trinajstić information content (AvgIpc) is 3.17. The fraction of sp³-hybridized carbons (Fsp3) is 0.776. The number of rotatable bonds is 42. The van der Waals surface area contributed by atoms with E-state index in [-0.39, 0.29) is 18.9 Å². The molecule has 8 nitrogen and oxygen atoms in total. The number of hydrogen-bond acceptors (Lipinski definition) is 6. The first-order chi connectivity index (χ1) is 28.0. The average molecular weight is 835 g/mol. The van der Waals surface area contributed by atoms with Crippen molar-refractivity contribution in [3.05, 3.63) is 60.8 Å². The van der Waals surface area contributed by atoms with Crippen LogP contribution in [0.5, 0.6) is 0 Å². The minimum atomic E-state index is -4.62. The lowest BCUT2D eigenvalue weighted by Crippen LogP contribution is -2.45. The van der Waals surface area contributed by atoms with Crippen molar-refractivity contribution in [3.8, 4) is 0 Å². The Morgan fingerprint density at radius 3 is 1.50 bits per heavy atom. The lowest BCUT2D eigenvalue weighted by atomic mass is 10.0. The van der Waals surface area contributed by atoms with E-state index in [1.54, 1.807) is 6.08 Å². The molecule has 0 aromatic rings. The number of aliphatic hydroxyl groups excluding tert-OH is 1. The quantitative estimate of drug-likeness (QED) is 0.0274. The summed E-state index contributed by atoms with van der Waals surface area (Å²) in [6, 6.07) is -0.941. The maximum atomic E-state index is 12.8. The third-order valence-electron chi connectivity index (χ3n) is 10.2. The van der Waals surface area contributed by atoms with Crippen molar-refractivity contribution in [1.82, 2.24) is 5.32 Å². The highest BCUT2D eigenvalue weighted by Crippen LogP contribution is 2.38. The van der Waals surface area contributed by atoms with Gasteiger partial charge in [-0.25, -0.2) is 0 Å². The van der Waals surface area contributed by atoms with E-state index in [1.165, 1.54) is 128 Å². The molecule has 58 heavy (non-hydrogen) atoms. The number of carbonyl (C=O) groups is 1. The van der Waals surface area contributed by atoms with Gasteiger partial charge in [0.2, 0.25) is 5.91 Å². The summed E-state index contributed by atoms with van der Waals surface area (Å²) in [5.41, 5.74) is 0. The van der Waals surface area contributed by atoms with Gasteiger partial charge in [-0.05, 0) is 64.2 Å². The van der Waals surface area contributed by atoms with E-state index in [9.17, 15) is 19.4 Å². The van der Waals surface area contributed by atoms with E-state index in [4.69, 9.17) is 9.05 Å². The molecule has 2 N–H and O–H groups in total. The van der Waals surface area contributed by atoms with Gasteiger partial charge in [0.05, 0.1) is 39.9 Å². The van der Waals surface area contributed by atoms with E-state index in [1.807, 2.05) is 33.3 Å². The van der Waals surface area contributed by atoms with Crippen LogP contribution in [0.2, 0.25) is 0 Å². The van der Waals surface area contributed by atoms with Crippen LogP contribution in [-0.4, -0.2) is 68.5 Å². The van der Waals surface area contributed by atoms with Crippen LogP contribution in [0.3, 0.4) is 0 Å². The van der Waals surface area contributed by atoms with E-state index < -0.39 is 26.6 Å². The number of nitrogens with zero attached hydrogens (tertiary/aromatic N) is 1. The lowest BCUT2D eigenvalue weighted by Gasteiger charge is -2.29. The Bertz CT molecular complexity index is 1130. The predicted octanol–water partition coefficient (Wildman–Crippen LogP) is 12.8. The van der Waals surface area contributed by atoms with Gasteiger partial charge in [-0.2, -0.15) is 0 Å². The Hall–Kier alpha value is -1.80. The second-order valence-corrected chi connectivity index (χ2v) is 18.5. The smallest absolute Gasteiger partial charge is 0.268 e. The summed E-state index contributed by atoms with van der Waals surface area (Å²) < 4.78 is 23.1. The Morgan fingerprint density at radius 1 is 0.603 bits per heavy atom. The van der Waals surface area contributed by atoms with E-state index in [0.717, 1.165) is 38.5 Å². The normalized spacial score (nSPS) is 14.8. The first-order valence-electron chi connectivity index (χ1n) is 23.7. The molecule has 0 aromatic carbocycles. The van der Waals surface area contributed by atoms with E-state index in [0.29, 0.717) is 17.4 Å². The molecule has 0 radical (unpaired) electrons. The second kappa shape index (κ2) is 40.6. The minimum Gasteiger partial charge on any atom is -0.756 e. The molecule has 3 atom stereocenters. The van der Waals surface area contributed by atoms with Gasteiger partial charge >= 0.3 is 0 Å². The highest BCUT2D eigenvalue weighted by molar-refractivity contribution is 7.45. The van der Waals surface area contributed by atoms with E-state index >= 15 is 0 Å². The van der Waals surface area contributed by atoms with Gasteiger partial charge in [0.1, 0.15) is 13.2 Å². The molecule has 9 heteroatoms. The highest BCUT2D eigenvalue weighted by atomic mass is 31.2. The number of unbranched alkanes of at least 4 members (excludes halogenated alkanes) is 21. The summed E-state index contributed by atoms with van der Waals surface area (Å²) in [4.78, 5) is 25.2. The first-order valence-corrected chi connectivity index (χ1v) is 25.1. The van der Waals surface area contributed by atoms with Crippen LogP contribution in [0.25, 0.3) is 0 Å². The number of hydrogen-bond donors (Lipinski definition) is 2. The molecule has 0 saturated heterocycles. The van der Waals surface area contributed by atoms with Crippen molar-refractivity contribution in [1.29, 1.82) is 0 Å². The molecular weight excluding hydrogens is 744 g/mol. The highest BCUT2D eigenvalue weighted by Gasteiger charge is 2.23. The predicted molar refractivity (Wildman–Crippen MR) is 247 cm³/mol. The summed E-state index contributed by atoms with van der Waals surface area (Å²) in [5.74, 6) is -0.280. The summed E-state index contributed by atoms with van der Waals surface area (Å²) in [5, 5.41) is 13.7. The number of carbonyl (C=O) groups excluding carboxylic acids is 1. The van der Waals surface area contributed by atoms with Gasteiger partial charge < -0.3 is 28.8 Å². The number of quaternary nitrogens is 1. The molecular formula is C49H91N2O6P. The third kappa shape index (κ3) is 42.3. The number of nitrogens with one attached hydrogen (secondary N) is 1. The van der Waals surface area contributed by atoms with Crippen molar-refractivity contribution >= 4 is 13.7 Å². The molecule has 0 heterocycles. The van der Waals surface area contributed by atoms with Crippen LogP contribution in [0, 0.1) is 0 Å². The van der Waals surface area contributed by atoms with Crippen molar-refractivity contribution < 1.29 is 32.9 Å². The van der Waals surface area contributed by atoms with E-state index in [2.05, 4.69) is 61.7 Å². The number of phosphoric acid groups is 1. The standard InChI is InChI=1S/C49H91N2O6P/c1-6-8-10-12-14-16-18-20-21-22-23-24-25-26-27-28-29-31-32-34-36-38-40-42-48(52)47(46-57-58(54,55)56-45-44-51(3,4)5)50-49(53)43-41-39-37-35-33-30-19-17-15-13-11-9-7-2/h27-28,30,32-34,37,39-40,42,47-48,52H,6-26,29,31,35-36,38,41,43-46H2,1-5H3,(H-,50,53,54,55)/b28-27+,33-30-,34-32+,39-37-,42-40+. The molecule has 0 rings (SSSR count). The Morgan fingerprint density at radius 2 is 1.02 bits per heavy atom. The molecule has 0 aliphatic heterocycles. The number of aliphatic hydroxyl groups is 1. The summed E-state index contributed by atoms with van der Waals surface area (Å²) in [7, 11) is 1.20. The van der Waals surface area contributed by atoms with Crippen molar-refractivity contribution in [2.75, 3.05) is 40.9 Å². The van der Waals surface area contributed by atoms with Gasteiger partial charge in [-0.15, -0.1) is 0 Å². The van der Waals surface area contributed by atoms with Gasteiger partial charge in [0.25, 0.3) is 7.82 Å². The topological polar surface area (TPSA) is 108 Å². The van der Waals surface area contributed by atoms with Gasteiger partial charge in [-0.3, -0.25) is 9.36 Å². The Balaban J connectivity index is 4.48. The number of likely N-dealkylation sites (N-methyl/N-ethyl adjacent to an activating group) is 1. The monoisotopic (exact) mass is 835 g/mol.